The molecule has 0 fully saturated rings. The van der Waals surface area contributed by atoms with Gasteiger partial charge in [-0.3, -0.25) is 4.98 Å². The molecule has 1 aromatic carbocycles. The molecular weight excluding hydrogens is 242 g/mol. The Morgan fingerprint density at radius 1 is 1.47 bits per heavy atom. The molecule has 0 saturated carbocycles. The van der Waals surface area contributed by atoms with Gasteiger partial charge in [-0.05, 0) is 35.1 Å². The van der Waals surface area contributed by atoms with E-state index in [1.54, 1.807) is 6.07 Å². The number of hydrogen-bond acceptors (Lipinski definition) is 6. The molecule has 3 aromatic rings. The van der Waals surface area contributed by atoms with Crippen LogP contribution in [-0.2, 0) is 6.42 Å². The van der Waals surface area contributed by atoms with Crippen molar-refractivity contribution in [1.82, 2.24) is 25.3 Å². The third-order valence-corrected chi connectivity index (χ3v) is 2.53. The molecule has 2 heterocycles. The number of nitrogens with zero attached hydrogens (tertiary/aromatic N) is 4. The van der Waals surface area contributed by atoms with Crippen LogP contribution in [0.2, 0.25) is 0 Å². The predicted octanol–water partition coefficient (Wildman–Crippen LogP) is 1.30. The molecule has 8 heteroatoms. The van der Waals surface area contributed by atoms with Gasteiger partial charge in [-0.25, -0.2) is 0 Å². The largest absolute Gasteiger partial charge is 0.410 e. The van der Waals surface area contributed by atoms with Crippen molar-refractivity contribution in [2.45, 2.75) is 6.42 Å². The van der Waals surface area contributed by atoms with E-state index in [0.717, 1.165) is 10.4 Å². The van der Waals surface area contributed by atoms with E-state index in [2.05, 4.69) is 20.5 Å². The van der Waals surface area contributed by atoms with Crippen molar-refractivity contribution in [3.8, 4) is 0 Å². The fourth-order valence-corrected chi connectivity index (χ4v) is 1.75. The second-order valence-electron chi connectivity index (χ2n) is 3.52. The Kier molecular flexibility index (Phi) is 2.15. The van der Waals surface area contributed by atoms with Crippen LogP contribution in [0.25, 0.3) is 11.0 Å². The molecular formula is C9H7N5O2S. The maximum Gasteiger partial charge on any atom is 0.294 e. The van der Waals surface area contributed by atoms with E-state index >= 15 is 0 Å². The number of benzene rings is 1. The lowest BCUT2D eigenvalue weighted by molar-refractivity contribution is 0.155. The molecule has 0 radical (unpaired) electrons. The van der Waals surface area contributed by atoms with Crippen LogP contribution in [0.1, 0.15) is 11.4 Å². The molecule has 3 rings (SSSR count). The Hall–Kier alpha value is -2.22. The Morgan fingerprint density at radius 2 is 2.35 bits per heavy atom. The van der Waals surface area contributed by atoms with Gasteiger partial charge in [0.2, 0.25) is 0 Å². The lowest BCUT2D eigenvalue weighted by atomic mass is 10.1. The molecule has 7 nitrogen and oxygen atoms in total. The van der Waals surface area contributed by atoms with E-state index in [0.29, 0.717) is 23.3 Å². The average molecular weight is 249 g/mol. The van der Waals surface area contributed by atoms with Crippen molar-refractivity contribution >= 4 is 23.3 Å². The quantitative estimate of drug-likeness (QED) is 0.525. The van der Waals surface area contributed by atoms with Gasteiger partial charge < -0.3 is 9.73 Å². The topological polar surface area (TPSA) is 92.8 Å². The first kappa shape index (κ1) is 9.97. The third-order valence-electron chi connectivity index (χ3n) is 2.35. The zero-order valence-electron chi connectivity index (χ0n) is 8.49. The van der Waals surface area contributed by atoms with Gasteiger partial charge in [-0.15, -0.1) is 5.10 Å². The summed E-state index contributed by atoms with van der Waals surface area (Å²) >= 11 is 4.79. The fourth-order valence-electron chi connectivity index (χ4n) is 1.60. The summed E-state index contributed by atoms with van der Waals surface area (Å²) in [6.07, 6.45) is 0.550. The molecule has 17 heavy (non-hydrogen) atoms. The summed E-state index contributed by atoms with van der Waals surface area (Å²) in [5.41, 5.74) is 2.14. The minimum Gasteiger partial charge on any atom is -0.410 e. The maximum absolute atomic E-state index is 9.29. The van der Waals surface area contributed by atoms with Crippen LogP contribution in [0.3, 0.4) is 0 Å². The highest BCUT2D eigenvalue weighted by Gasteiger charge is 2.06. The Morgan fingerprint density at radius 3 is 3.12 bits per heavy atom. The third kappa shape index (κ3) is 1.78. The number of aromatic nitrogens is 5. The van der Waals surface area contributed by atoms with Crippen LogP contribution in [0, 0.1) is 4.84 Å². The van der Waals surface area contributed by atoms with Crippen LogP contribution >= 0.6 is 12.2 Å². The van der Waals surface area contributed by atoms with Gasteiger partial charge in [0.05, 0.1) is 0 Å². The van der Waals surface area contributed by atoms with Gasteiger partial charge in [0.25, 0.3) is 4.84 Å². The summed E-state index contributed by atoms with van der Waals surface area (Å²) in [4.78, 5) is 3.82. The first-order valence-corrected chi connectivity index (χ1v) is 5.22. The molecule has 2 aromatic heterocycles. The number of hydrogen-bond donors (Lipinski definition) is 2. The number of nitrogens with one attached hydrogen (secondary N) is 1. The number of rotatable bonds is 2. The Labute approximate surface area is 99.6 Å². The molecule has 0 unspecified atom stereocenters. The van der Waals surface area contributed by atoms with E-state index < -0.39 is 0 Å². The van der Waals surface area contributed by atoms with Gasteiger partial charge in [0.1, 0.15) is 11.0 Å². The molecule has 0 amide bonds. The van der Waals surface area contributed by atoms with Crippen LogP contribution in [-0.4, -0.2) is 30.5 Å². The highest BCUT2D eigenvalue weighted by atomic mass is 32.1. The van der Waals surface area contributed by atoms with Crippen LogP contribution in [0.4, 0.5) is 0 Å². The van der Waals surface area contributed by atoms with Crippen molar-refractivity contribution in [2.24, 2.45) is 0 Å². The SMILES string of the molecule is On1nnc2cc(Cc3noc(=S)[nH]3)ccc21. The van der Waals surface area contributed by atoms with Gasteiger partial charge in [-0.2, -0.15) is 0 Å². The summed E-state index contributed by atoms with van der Waals surface area (Å²) in [6, 6.07) is 5.41. The van der Waals surface area contributed by atoms with Crippen LogP contribution in [0.5, 0.6) is 0 Å². The monoisotopic (exact) mass is 249 g/mol. The van der Waals surface area contributed by atoms with Crippen molar-refractivity contribution in [3.05, 3.63) is 34.4 Å². The summed E-state index contributed by atoms with van der Waals surface area (Å²) in [6.45, 7) is 0. The minimum atomic E-state index is 0.252. The van der Waals surface area contributed by atoms with Gasteiger partial charge >= 0.3 is 0 Å². The molecule has 0 bridgehead atoms. The van der Waals surface area contributed by atoms with E-state index in [9.17, 15) is 5.21 Å². The highest BCUT2D eigenvalue weighted by molar-refractivity contribution is 7.71. The lowest BCUT2D eigenvalue weighted by Crippen LogP contribution is -1.92. The summed E-state index contributed by atoms with van der Waals surface area (Å²) < 4.78 is 4.77. The summed E-state index contributed by atoms with van der Waals surface area (Å²) in [5.74, 6) is 0.644. The Balaban J connectivity index is 1.98. The smallest absolute Gasteiger partial charge is 0.294 e. The standard InChI is InChI=1S/C9H7N5O2S/c15-14-7-2-1-5(3-6(7)11-13-14)4-8-10-9(17)16-12-8/h1-3,15H,4H2,(H,10,12,17). The maximum atomic E-state index is 9.29. The second-order valence-corrected chi connectivity index (χ2v) is 3.89. The normalized spacial score (nSPS) is 11.1. The fraction of sp³-hybridized carbons (Fsp3) is 0.111. The van der Waals surface area contributed by atoms with Gasteiger partial charge in [-0.1, -0.05) is 16.1 Å². The zero-order chi connectivity index (χ0) is 11.8. The average Bonchev–Trinajstić information content (AvgIpc) is 2.87. The van der Waals surface area contributed by atoms with Crippen LogP contribution < -0.4 is 0 Å². The minimum absolute atomic E-state index is 0.252. The van der Waals surface area contributed by atoms with Gasteiger partial charge in [0.15, 0.2) is 5.82 Å². The highest BCUT2D eigenvalue weighted by Crippen LogP contribution is 2.14. The Bertz CT molecular complexity index is 728. The molecule has 86 valence electrons. The number of fused-ring (bicyclic) bond motifs is 1. The van der Waals surface area contributed by atoms with E-state index in [1.165, 1.54) is 0 Å². The number of H-pyrrole nitrogens is 1. The molecule has 0 aliphatic heterocycles. The summed E-state index contributed by atoms with van der Waals surface area (Å²) in [5, 5.41) is 20.4. The molecule has 0 atom stereocenters. The predicted molar refractivity (Wildman–Crippen MR) is 59.2 cm³/mol. The van der Waals surface area contributed by atoms with Crippen molar-refractivity contribution in [2.75, 3.05) is 0 Å². The lowest BCUT2D eigenvalue weighted by Gasteiger charge is -1.96. The van der Waals surface area contributed by atoms with Crippen LogP contribution in [0.15, 0.2) is 22.7 Å². The molecule has 0 aliphatic carbocycles. The van der Waals surface area contributed by atoms with Crippen molar-refractivity contribution in [1.29, 1.82) is 0 Å². The molecule has 0 saturated heterocycles. The second kappa shape index (κ2) is 3.67. The zero-order valence-corrected chi connectivity index (χ0v) is 9.31. The van der Waals surface area contributed by atoms with Crippen molar-refractivity contribution in [3.63, 3.8) is 0 Å². The molecule has 0 spiro atoms. The number of aromatic amines is 1. The summed E-state index contributed by atoms with van der Waals surface area (Å²) in [7, 11) is 0. The van der Waals surface area contributed by atoms with E-state index in [4.69, 9.17) is 16.7 Å². The van der Waals surface area contributed by atoms with Gasteiger partial charge in [0, 0.05) is 6.42 Å². The molecule has 0 aliphatic rings. The molecule has 2 N–H and O–H groups in total. The van der Waals surface area contributed by atoms with E-state index in [1.807, 2.05) is 12.1 Å². The van der Waals surface area contributed by atoms with E-state index in [-0.39, 0.29) is 4.84 Å². The van der Waals surface area contributed by atoms with Crippen molar-refractivity contribution < 1.29 is 9.73 Å². The first-order valence-electron chi connectivity index (χ1n) is 4.81. The first-order chi connectivity index (χ1) is 8.22.